The van der Waals surface area contributed by atoms with Gasteiger partial charge in [-0.25, -0.2) is 4.39 Å². The van der Waals surface area contributed by atoms with Crippen molar-refractivity contribution in [3.05, 3.63) is 47.8 Å². The molecule has 0 heterocycles. The lowest BCUT2D eigenvalue weighted by Gasteiger charge is -2.22. The van der Waals surface area contributed by atoms with Crippen LogP contribution < -0.4 is 5.73 Å². The summed E-state index contributed by atoms with van der Waals surface area (Å²) < 4.78 is 13.8. The molecule has 0 aliphatic carbocycles. The molecule has 2 unspecified atom stereocenters. The Bertz CT molecular complexity index is 555. The Morgan fingerprint density at radius 3 is 2.47 bits per heavy atom. The molecule has 19 heavy (non-hydrogen) atoms. The molecule has 0 saturated carbocycles. The zero-order valence-corrected chi connectivity index (χ0v) is 11.1. The van der Waals surface area contributed by atoms with Gasteiger partial charge >= 0.3 is 0 Å². The lowest BCUT2D eigenvalue weighted by Crippen LogP contribution is -2.22. The Labute approximate surface area is 113 Å². The molecule has 0 spiro atoms. The van der Waals surface area contributed by atoms with Crippen molar-refractivity contribution < 1.29 is 9.50 Å². The fourth-order valence-electron chi connectivity index (χ4n) is 2.57. The Morgan fingerprint density at radius 1 is 1.16 bits per heavy atom. The van der Waals surface area contributed by atoms with E-state index in [1.165, 1.54) is 6.07 Å². The van der Waals surface area contributed by atoms with Gasteiger partial charge in [0.25, 0.3) is 0 Å². The van der Waals surface area contributed by atoms with Crippen molar-refractivity contribution in [3.63, 3.8) is 0 Å². The van der Waals surface area contributed by atoms with Crippen LogP contribution >= 0.6 is 0 Å². The fourth-order valence-corrected chi connectivity index (χ4v) is 2.57. The van der Waals surface area contributed by atoms with Gasteiger partial charge in [0.15, 0.2) is 0 Å². The second-order valence-electron chi connectivity index (χ2n) is 4.91. The summed E-state index contributed by atoms with van der Waals surface area (Å²) in [5.74, 6) is -0.245. The number of aliphatic hydroxyl groups is 1. The molecule has 0 aromatic heterocycles. The molecule has 0 bridgehead atoms. The van der Waals surface area contributed by atoms with Gasteiger partial charge in [0.05, 0.1) is 6.10 Å². The monoisotopic (exact) mass is 261 g/mol. The Morgan fingerprint density at radius 2 is 1.84 bits per heavy atom. The van der Waals surface area contributed by atoms with Crippen molar-refractivity contribution in [2.75, 3.05) is 6.54 Å². The average Bonchev–Trinajstić information content (AvgIpc) is 2.45. The van der Waals surface area contributed by atoms with Crippen molar-refractivity contribution >= 4 is 10.8 Å². The molecule has 2 rings (SSSR count). The van der Waals surface area contributed by atoms with E-state index in [9.17, 15) is 9.50 Å². The molecule has 102 valence electrons. The average molecular weight is 261 g/mol. The van der Waals surface area contributed by atoms with Gasteiger partial charge in [0, 0.05) is 11.3 Å². The van der Waals surface area contributed by atoms with Crippen molar-refractivity contribution in [2.45, 2.75) is 25.9 Å². The second kappa shape index (κ2) is 6.13. The lowest BCUT2D eigenvalue weighted by atomic mass is 9.89. The van der Waals surface area contributed by atoms with E-state index < -0.39 is 6.10 Å². The van der Waals surface area contributed by atoms with E-state index in [2.05, 4.69) is 6.92 Å². The Kier molecular flexibility index (Phi) is 4.51. The molecule has 0 amide bonds. The zero-order chi connectivity index (χ0) is 13.8. The first-order valence-corrected chi connectivity index (χ1v) is 6.74. The van der Waals surface area contributed by atoms with E-state index in [-0.39, 0.29) is 11.7 Å². The third-order valence-electron chi connectivity index (χ3n) is 3.63. The summed E-state index contributed by atoms with van der Waals surface area (Å²) >= 11 is 0. The number of hydrogen-bond acceptors (Lipinski definition) is 2. The summed E-state index contributed by atoms with van der Waals surface area (Å²) in [4.78, 5) is 0. The molecular weight excluding hydrogens is 241 g/mol. The SMILES string of the molecule is CCCC(CN)C(O)c1ccc(F)c2ccccc12. The van der Waals surface area contributed by atoms with E-state index in [0.717, 1.165) is 23.8 Å². The van der Waals surface area contributed by atoms with Gasteiger partial charge in [0.2, 0.25) is 0 Å². The molecule has 2 nitrogen and oxygen atoms in total. The minimum Gasteiger partial charge on any atom is -0.388 e. The largest absolute Gasteiger partial charge is 0.388 e. The van der Waals surface area contributed by atoms with Crippen LogP contribution in [0.4, 0.5) is 4.39 Å². The molecule has 0 aliphatic heterocycles. The maximum atomic E-state index is 13.8. The maximum Gasteiger partial charge on any atom is 0.131 e. The number of rotatable bonds is 5. The van der Waals surface area contributed by atoms with Gasteiger partial charge in [-0.2, -0.15) is 0 Å². The summed E-state index contributed by atoms with van der Waals surface area (Å²) in [6.07, 6.45) is 1.19. The van der Waals surface area contributed by atoms with Crippen LogP contribution in [0.15, 0.2) is 36.4 Å². The zero-order valence-electron chi connectivity index (χ0n) is 11.1. The molecule has 0 aliphatic rings. The molecule has 3 N–H and O–H groups in total. The van der Waals surface area contributed by atoms with Gasteiger partial charge in [0.1, 0.15) is 5.82 Å². The first-order chi connectivity index (χ1) is 9.19. The quantitative estimate of drug-likeness (QED) is 0.866. The van der Waals surface area contributed by atoms with Crippen LogP contribution in [0.2, 0.25) is 0 Å². The first kappa shape index (κ1) is 14.0. The third kappa shape index (κ3) is 2.77. The van der Waals surface area contributed by atoms with E-state index in [1.54, 1.807) is 18.2 Å². The highest BCUT2D eigenvalue weighted by molar-refractivity contribution is 5.86. The van der Waals surface area contributed by atoms with Gasteiger partial charge in [-0.15, -0.1) is 0 Å². The van der Waals surface area contributed by atoms with Crippen LogP contribution in [0.5, 0.6) is 0 Å². The van der Waals surface area contributed by atoms with Crippen LogP contribution in [0.1, 0.15) is 31.4 Å². The summed E-state index contributed by atoms with van der Waals surface area (Å²) in [6, 6.07) is 10.3. The minimum absolute atomic E-state index is 0.0128. The number of aliphatic hydroxyl groups excluding tert-OH is 1. The third-order valence-corrected chi connectivity index (χ3v) is 3.63. The van der Waals surface area contributed by atoms with Crippen LogP contribution in [-0.4, -0.2) is 11.7 Å². The topological polar surface area (TPSA) is 46.2 Å². The van der Waals surface area contributed by atoms with E-state index in [1.807, 2.05) is 12.1 Å². The molecular formula is C16H20FNO. The van der Waals surface area contributed by atoms with Crippen LogP contribution in [0, 0.1) is 11.7 Å². The van der Waals surface area contributed by atoms with Gasteiger partial charge < -0.3 is 10.8 Å². The van der Waals surface area contributed by atoms with Crippen LogP contribution in [-0.2, 0) is 0 Å². The fraction of sp³-hybridized carbons (Fsp3) is 0.375. The molecule has 0 radical (unpaired) electrons. The number of halogens is 1. The molecule has 0 saturated heterocycles. The lowest BCUT2D eigenvalue weighted by molar-refractivity contribution is 0.108. The molecule has 2 atom stereocenters. The number of hydrogen-bond donors (Lipinski definition) is 2. The summed E-state index contributed by atoms with van der Waals surface area (Å²) in [7, 11) is 0. The van der Waals surface area contributed by atoms with Crippen molar-refractivity contribution in [3.8, 4) is 0 Å². The van der Waals surface area contributed by atoms with Gasteiger partial charge in [-0.1, -0.05) is 43.7 Å². The van der Waals surface area contributed by atoms with E-state index >= 15 is 0 Å². The summed E-state index contributed by atoms with van der Waals surface area (Å²) in [6.45, 7) is 2.50. The maximum absolute atomic E-state index is 13.8. The molecule has 2 aromatic carbocycles. The second-order valence-corrected chi connectivity index (χ2v) is 4.91. The van der Waals surface area contributed by atoms with Gasteiger partial charge in [-0.05, 0) is 30.0 Å². The predicted octanol–water partition coefficient (Wildman–Crippen LogP) is 3.39. The number of benzene rings is 2. The van der Waals surface area contributed by atoms with Gasteiger partial charge in [-0.3, -0.25) is 0 Å². The Hall–Kier alpha value is -1.45. The molecule has 3 heteroatoms. The minimum atomic E-state index is -0.643. The highest BCUT2D eigenvalue weighted by Crippen LogP contribution is 2.31. The smallest absolute Gasteiger partial charge is 0.131 e. The van der Waals surface area contributed by atoms with E-state index in [4.69, 9.17) is 5.73 Å². The number of fused-ring (bicyclic) bond motifs is 1. The predicted molar refractivity (Wildman–Crippen MR) is 76.3 cm³/mol. The normalized spacial score (nSPS) is 14.5. The first-order valence-electron chi connectivity index (χ1n) is 6.74. The molecule has 2 aromatic rings. The highest BCUT2D eigenvalue weighted by Gasteiger charge is 2.21. The molecule has 0 fully saturated rings. The van der Waals surface area contributed by atoms with Crippen LogP contribution in [0.25, 0.3) is 10.8 Å². The van der Waals surface area contributed by atoms with E-state index in [0.29, 0.717) is 11.9 Å². The Balaban J connectivity index is 2.47. The standard InChI is InChI=1S/C16H20FNO/c1-2-5-11(10-18)16(19)14-8-9-15(17)13-7-4-3-6-12(13)14/h3-4,6-9,11,16,19H,2,5,10,18H2,1H3. The van der Waals surface area contributed by atoms with Crippen LogP contribution in [0.3, 0.4) is 0 Å². The summed E-state index contributed by atoms with van der Waals surface area (Å²) in [5, 5.41) is 11.8. The summed E-state index contributed by atoms with van der Waals surface area (Å²) in [5.41, 5.74) is 6.50. The van der Waals surface area contributed by atoms with Crippen molar-refractivity contribution in [1.29, 1.82) is 0 Å². The number of nitrogens with two attached hydrogens (primary N) is 1. The van der Waals surface area contributed by atoms with Crippen molar-refractivity contribution in [2.24, 2.45) is 11.7 Å². The highest BCUT2D eigenvalue weighted by atomic mass is 19.1. The van der Waals surface area contributed by atoms with Crippen molar-refractivity contribution in [1.82, 2.24) is 0 Å².